The number of carbonyl (C=O) groups is 1. The Kier molecular flexibility index (Phi) is 4.12. The fraction of sp³-hybridized carbons (Fsp3) is 0.500. The van der Waals surface area contributed by atoms with Crippen LogP contribution in [0.15, 0.2) is 18.2 Å². The van der Waals surface area contributed by atoms with Gasteiger partial charge in [-0.3, -0.25) is 4.79 Å². The number of nitrogens with zero attached hydrogens (tertiary/aromatic N) is 1. The van der Waals surface area contributed by atoms with Gasteiger partial charge in [0.25, 0.3) is 0 Å². The maximum Gasteiger partial charge on any atom is 0.311 e. The van der Waals surface area contributed by atoms with Crippen molar-refractivity contribution in [1.29, 1.82) is 0 Å². The Morgan fingerprint density at radius 1 is 1.39 bits per heavy atom. The molecule has 1 atom stereocenters. The van der Waals surface area contributed by atoms with E-state index in [4.69, 9.17) is 0 Å². The van der Waals surface area contributed by atoms with Gasteiger partial charge in [0.15, 0.2) is 0 Å². The lowest BCUT2D eigenvalue weighted by Gasteiger charge is -2.36. The summed E-state index contributed by atoms with van der Waals surface area (Å²) in [6.07, 6.45) is 0. The van der Waals surface area contributed by atoms with Crippen molar-refractivity contribution in [2.75, 3.05) is 14.1 Å². The van der Waals surface area contributed by atoms with Crippen LogP contribution >= 0.6 is 0 Å². The van der Waals surface area contributed by atoms with Gasteiger partial charge in [-0.15, -0.1) is 0 Å². The lowest BCUT2D eigenvalue weighted by Crippen LogP contribution is -2.39. The summed E-state index contributed by atoms with van der Waals surface area (Å²) in [5.41, 5.74) is 0.389. The third kappa shape index (κ3) is 2.70. The number of halogens is 1. The molecule has 0 aliphatic carbocycles. The van der Waals surface area contributed by atoms with Crippen LogP contribution in [0.4, 0.5) is 4.39 Å². The van der Waals surface area contributed by atoms with Gasteiger partial charge < -0.3 is 10.0 Å². The van der Waals surface area contributed by atoms with Crippen molar-refractivity contribution in [1.82, 2.24) is 4.90 Å². The number of benzene rings is 1. The van der Waals surface area contributed by atoms with E-state index in [1.165, 1.54) is 6.07 Å². The minimum absolute atomic E-state index is 0.274. The number of rotatable bonds is 4. The average molecular weight is 253 g/mol. The lowest BCUT2D eigenvalue weighted by atomic mass is 9.79. The van der Waals surface area contributed by atoms with Crippen molar-refractivity contribution >= 4 is 5.97 Å². The molecule has 0 fully saturated rings. The predicted molar refractivity (Wildman–Crippen MR) is 69.0 cm³/mol. The van der Waals surface area contributed by atoms with E-state index in [2.05, 4.69) is 0 Å². The molecule has 0 aromatic heterocycles. The van der Waals surface area contributed by atoms with E-state index < -0.39 is 11.4 Å². The number of carboxylic acids is 1. The molecule has 18 heavy (non-hydrogen) atoms. The van der Waals surface area contributed by atoms with Gasteiger partial charge >= 0.3 is 5.97 Å². The van der Waals surface area contributed by atoms with Crippen molar-refractivity contribution < 1.29 is 14.3 Å². The topological polar surface area (TPSA) is 40.5 Å². The molecule has 1 N–H and O–H groups in total. The highest BCUT2D eigenvalue weighted by molar-refractivity contribution is 5.75. The molecular weight excluding hydrogens is 233 g/mol. The van der Waals surface area contributed by atoms with Gasteiger partial charge in [0, 0.05) is 6.04 Å². The molecule has 1 rings (SSSR count). The van der Waals surface area contributed by atoms with Crippen LogP contribution in [-0.2, 0) is 4.79 Å². The highest BCUT2D eigenvalue weighted by atomic mass is 19.1. The van der Waals surface area contributed by atoms with Crippen LogP contribution in [0.1, 0.15) is 31.0 Å². The van der Waals surface area contributed by atoms with Crippen molar-refractivity contribution in [3.8, 4) is 0 Å². The van der Waals surface area contributed by atoms with Crippen LogP contribution in [-0.4, -0.2) is 30.1 Å². The first-order valence-corrected chi connectivity index (χ1v) is 5.83. The first-order valence-electron chi connectivity index (χ1n) is 5.83. The van der Waals surface area contributed by atoms with Crippen LogP contribution in [0.3, 0.4) is 0 Å². The molecule has 0 spiro atoms. The molecule has 1 unspecified atom stereocenters. The number of aryl methyl sites for hydroxylation is 1. The van der Waals surface area contributed by atoms with E-state index in [0.717, 1.165) is 5.56 Å². The van der Waals surface area contributed by atoms with Gasteiger partial charge in [0.1, 0.15) is 5.82 Å². The minimum atomic E-state index is -0.951. The van der Waals surface area contributed by atoms with E-state index in [9.17, 15) is 14.3 Å². The van der Waals surface area contributed by atoms with Crippen LogP contribution in [0, 0.1) is 18.2 Å². The van der Waals surface area contributed by atoms with Crippen LogP contribution in [0.2, 0.25) is 0 Å². The Morgan fingerprint density at radius 2 is 1.94 bits per heavy atom. The number of hydrogen-bond donors (Lipinski definition) is 1. The van der Waals surface area contributed by atoms with Crippen molar-refractivity contribution in [3.63, 3.8) is 0 Å². The van der Waals surface area contributed by atoms with Crippen molar-refractivity contribution in [2.45, 2.75) is 26.8 Å². The molecule has 100 valence electrons. The molecule has 0 bridgehead atoms. The summed E-state index contributed by atoms with van der Waals surface area (Å²) in [5, 5.41) is 9.35. The van der Waals surface area contributed by atoms with E-state index in [1.807, 2.05) is 19.0 Å². The third-order valence-corrected chi connectivity index (χ3v) is 3.25. The Morgan fingerprint density at radius 3 is 2.33 bits per heavy atom. The Labute approximate surface area is 107 Å². The maximum absolute atomic E-state index is 13.3. The quantitative estimate of drug-likeness (QED) is 0.897. The zero-order chi connectivity index (χ0) is 14.1. The third-order valence-electron chi connectivity index (χ3n) is 3.25. The summed E-state index contributed by atoms with van der Waals surface area (Å²) in [6.45, 7) is 5.04. The molecule has 0 amide bonds. The van der Waals surface area contributed by atoms with Gasteiger partial charge in [0.05, 0.1) is 5.41 Å². The molecule has 0 radical (unpaired) electrons. The second kappa shape index (κ2) is 5.06. The Hall–Kier alpha value is -1.42. The molecule has 0 aliphatic heterocycles. The minimum Gasteiger partial charge on any atom is -0.481 e. The van der Waals surface area contributed by atoms with Gasteiger partial charge in [-0.25, -0.2) is 4.39 Å². The van der Waals surface area contributed by atoms with Gasteiger partial charge in [0.2, 0.25) is 0 Å². The second-order valence-electron chi connectivity index (χ2n) is 5.40. The average Bonchev–Trinajstić information content (AvgIpc) is 2.22. The van der Waals surface area contributed by atoms with Gasteiger partial charge in [-0.05, 0) is 52.1 Å². The maximum atomic E-state index is 13.3. The number of aliphatic carboxylic acids is 1. The standard InChI is InChI=1S/C14H20FNO2/c1-9-8-10(6-7-11(9)15)12(16(4)5)14(2,3)13(17)18/h6-8,12H,1-5H3,(H,17,18). The highest BCUT2D eigenvalue weighted by Crippen LogP contribution is 2.37. The number of hydrogen-bond acceptors (Lipinski definition) is 2. The largest absolute Gasteiger partial charge is 0.481 e. The fourth-order valence-corrected chi connectivity index (χ4v) is 2.32. The van der Waals surface area contributed by atoms with Crippen molar-refractivity contribution in [2.24, 2.45) is 5.41 Å². The summed E-state index contributed by atoms with van der Waals surface area (Å²) in [5.74, 6) is -1.15. The molecule has 0 saturated carbocycles. The Bertz CT molecular complexity index is 455. The molecule has 3 nitrogen and oxygen atoms in total. The molecule has 0 aliphatic rings. The number of carboxylic acid groups (broad SMARTS) is 1. The van der Waals surface area contributed by atoms with Gasteiger partial charge in [-0.1, -0.05) is 12.1 Å². The zero-order valence-electron chi connectivity index (χ0n) is 11.5. The molecular formula is C14H20FNO2. The van der Waals surface area contributed by atoms with Crippen molar-refractivity contribution in [3.05, 3.63) is 35.1 Å². The predicted octanol–water partition coefficient (Wildman–Crippen LogP) is 2.85. The van der Waals surface area contributed by atoms with E-state index in [-0.39, 0.29) is 11.9 Å². The van der Waals surface area contributed by atoms with E-state index in [0.29, 0.717) is 5.56 Å². The van der Waals surface area contributed by atoms with Crippen LogP contribution < -0.4 is 0 Å². The Balaban J connectivity index is 3.29. The summed E-state index contributed by atoms with van der Waals surface area (Å²) in [6, 6.07) is 4.44. The molecule has 1 aromatic carbocycles. The summed E-state index contributed by atoms with van der Waals surface area (Å²) >= 11 is 0. The SMILES string of the molecule is Cc1cc(C(N(C)C)C(C)(C)C(=O)O)ccc1F. The van der Waals surface area contributed by atoms with Crippen LogP contribution in [0.25, 0.3) is 0 Å². The molecule has 0 heterocycles. The highest BCUT2D eigenvalue weighted by Gasteiger charge is 2.39. The van der Waals surface area contributed by atoms with E-state index >= 15 is 0 Å². The van der Waals surface area contributed by atoms with Crippen LogP contribution in [0.5, 0.6) is 0 Å². The molecule has 0 saturated heterocycles. The summed E-state index contributed by atoms with van der Waals surface area (Å²) in [4.78, 5) is 13.2. The van der Waals surface area contributed by atoms with E-state index in [1.54, 1.807) is 32.9 Å². The van der Waals surface area contributed by atoms with Gasteiger partial charge in [-0.2, -0.15) is 0 Å². The first kappa shape index (κ1) is 14.6. The first-order chi connectivity index (χ1) is 8.17. The smallest absolute Gasteiger partial charge is 0.311 e. The second-order valence-corrected chi connectivity index (χ2v) is 5.40. The monoisotopic (exact) mass is 253 g/mol. The summed E-state index contributed by atoms with van der Waals surface area (Å²) < 4.78 is 13.3. The molecule has 4 heteroatoms. The summed E-state index contributed by atoms with van der Waals surface area (Å²) in [7, 11) is 3.65. The normalized spacial score (nSPS) is 13.7. The fourth-order valence-electron chi connectivity index (χ4n) is 2.32. The zero-order valence-corrected chi connectivity index (χ0v) is 11.5. The lowest BCUT2D eigenvalue weighted by molar-refractivity contribution is -0.150. The molecule has 1 aromatic rings.